The van der Waals surface area contributed by atoms with E-state index < -0.39 is 25.1 Å². The fourth-order valence-electron chi connectivity index (χ4n) is 6.88. The van der Waals surface area contributed by atoms with Gasteiger partial charge < -0.3 is 9.32 Å². The number of hydrogen-bond donors (Lipinski definition) is 1. The maximum atomic E-state index is 13.8. The second-order valence-electron chi connectivity index (χ2n) is 13.4. The molecule has 1 spiro atoms. The molecule has 3 aliphatic rings. The van der Waals surface area contributed by atoms with Crippen LogP contribution in [0.5, 0.6) is 0 Å². The molecule has 220 valence electrons. The van der Waals surface area contributed by atoms with Gasteiger partial charge in [-0.2, -0.15) is 0 Å². The molecule has 1 aliphatic carbocycles. The third kappa shape index (κ3) is 5.58. The quantitative estimate of drug-likeness (QED) is 0.406. The second-order valence-corrected chi connectivity index (χ2v) is 17.4. The van der Waals surface area contributed by atoms with Crippen LogP contribution in [-0.4, -0.2) is 64.4 Å². The molecule has 1 saturated carbocycles. The number of likely N-dealkylation sites (tertiary alicyclic amines) is 1. The third-order valence-corrected chi connectivity index (χ3v) is 12.5. The summed E-state index contributed by atoms with van der Waals surface area (Å²) in [7, 11) is -5.78. The number of rotatable bonds is 6. The Morgan fingerprint density at radius 2 is 1.76 bits per heavy atom. The number of nitrogens with zero attached hydrogens (tertiary/aromatic N) is 2. The van der Waals surface area contributed by atoms with Crippen LogP contribution < -0.4 is 4.72 Å². The number of carbonyl (C=O) groups is 1. The lowest BCUT2D eigenvalue weighted by Crippen LogP contribution is -2.69. The van der Waals surface area contributed by atoms with Crippen LogP contribution in [0, 0.1) is 11.3 Å². The average Bonchev–Trinajstić information content (AvgIpc) is 3.27. The molecule has 0 bridgehead atoms. The van der Waals surface area contributed by atoms with Crippen LogP contribution in [0.1, 0.15) is 69.3 Å². The first-order valence-corrected chi connectivity index (χ1v) is 18.0. The molecular weight excluding hydrogens is 558 g/mol. The summed E-state index contributed by atoms with van der Waals surface area (Å²) >= 11 is 0. The van der Waals surface area contributed by atoms with E-state index in [1.165, 1.54) is 19.3 Å². The number of nitrogens with one attached hydrogen (secondary N) is 1. The zero-order valence-electron chi connectivity index (χ0n) is 24.1. The summed E-state index contributed by atoms with van der Waals surface area (Å²) in [5.41, 5.74) is 0.870. The molecule has 3 fully saturated rings. The number of oxazole rings is 1. The Hall–Kier alpha value is -2.69. The Labute approximate surface area is 243 Å². The summed E-state index contributed by atoms with van der Waals surface area (Å²) in [4.78, 5) is 20.5. The molecule has 3 aromatic rings. The van der Waals surface area contributed by atoms with Crippen molar-refractivity contribution in [3.8, 4) is 11.3 Å². The molecule has 2 aliphatic heterocycles. The Balaban J connectivity index is 1.38. The van der Waals surface area contributed by atoms with Crippen molar-refractivity contribution in [1.29, 1.82) is 0 Å². The van der Waals surface area contributed by atoms with E-state index in [1.807, 2.05) is 57.2 Å². The van der Waals surface area contributed by atoms with Crippen LogP contribution >= 0.6 is 0 Å². The Morgan fingerprint density at radius 3 is 2.39 bits per heavy atom. The van der Waals surface area contributed by atoms with E-state index >= 15 is 0 Å². The standard InChI is InChI=1S/C31H39N3O5S2/c1-30(2,3)33-40(4,36)26-15-14-24(22-12-8-9-13-23(22)26)27-25(16-21-10-6-5-7-11-21)32-28(39-27)29(35)34-17-31(18-34)19-41(37,38)20-31/h8-9,12-15,21H,4-7,10-11,16-20H2,1-3H3,(H,33,36). The minimum Gasteiger partial charge on any atom is -0.432 e. The van der Waals surface area contributed by atoms with Crippen LogP contribution in [0.15, 0.2) is 45.7 Å². The number of sulfone groups is 1. The van der Waals surface area contributed by atoms with Gasteiger partial charge in [0, 0.05) is 29.6 Å². The van der Waals surface area contributed by atoms with Gasteiger partial charge in [0.2, 0.25) is 0 Å². The van der Waals surface area contributed by atoms with Gasteiger partial charge in [-0.3, -0.25) is 4.79 Å². The lowest BCUT2D eigenvalue weighted by molar-refractivity contribution is 0.0169. The zero-order valence-corrected chi connectivity index (χ0v) is 25.7. The van der Waals surface area contributed by atoms with Gasteiger partial charge in [0.05, 0.1) is 31.8 Å². The predicted molar refractivity (Wildman–Crippen MR) is 163 cm³/mol. The molecule has 2 aromatic carbocycles. The summed E-state index contributed by atoms with van der Waals surface area (Å²) in [6, 6.07) is 11.5. The van der Waals surface area contributed by atoms with E-state index in [0.29, 0.717) is 29.7 Å². The minimum atomic E-state index is -2.97. The Morgan fingerprint density at radius 1 is 1.10 bits per heavy atom. The van der Waals surface area contributed by atoms with E-state index in [4.69, 9.17) is 9.40 Å². The van der Waals surface area contributed by atoms with Gasteiger partial charge in [0.15, 0.2) is 15.6 Å². The Kier molecular flexibility index (Phi) is 6.90. The predicted octanol–water partition coefficient (Wildman–Crippen LogP) is 4.87. The third-order valence-electron chi connectivity index (χ3n) is 8.43. The molecule has 8 nitrogen and oxygen atoms in total. The lowest BCUT2D eigenvalue weighted by Gasteiger charge is -2.54. The maximum absolute atomic E-state index is 13.8. The monoisotopic (exact) mass is 597 g/mol. The molecule has 1 aromatic heterocycles. The number of amides is 1. The van der Waals surface area contributed by atoms with Gasteiger partial charge in [-0.05, 0) is 61.9 Å². The van der Waals surface area contributed by atoms with Crippen molar-refractivity contribution in [2.45, 2.75) is 69.7 Å². The average molecular weight is 598 g/mol. The summed E-state index contributed by atoms with van der Waals surface area (Å²) in [6.45, 7) is 6.71. The molecular formula is C31H39N3O5S2. The van der Waals surface area contributed by atoms with E-state index in [0.717, 1.165) is 41.3 Å². The van der Waals surface area contributed by atoms with Crippen LogP contribution in [0.25, 0.3) is 22.1 Å². The highest BCUT2D eigenvalue weighted by Crippen LogP contribution is 2.43. The van der Waals surface area contributed by atoms with Crippen LogP contribution in [0.2, 0.25) is 0 Å². The van der Waals surface area contributed by atoms with Gasteiger partial charge in [-0.15, -0.1) is 0 Å². The number of aromatic nitrogens is 1. The van der Waals surface area contributed by atoms with E-state index in [-0.39, 0.29) is 28.7 Å². The highest BCUT2D eigenvalue weighted by atomic mass is 32.2. The fourth-order valence-corrected chi connectivity index (χ4v) is 10.9. The molecule has 41 heavy (non-hydrogen) atoms. The summed E-state index contributed by atoms with van der Waals surface area (Å²) < 4.78 is 46.8. The molecule has 0 radical (unpaired) electrons. The SMILES string of the molecule is C=S(=O)(NC(C)(C)C)c1ccc(-c2oc(C(=O)N3CC4(C3)CS(=O)(=O)C4)nc2CC2CCCCC2)c2ccccc12. The number of carbonyl (C=O) groups excluding carboxylic acids is 1. The number of hydrogen-bond acceptors (Lipinski definition) is 6. The smallest absolute Gasteiger partial charge is 0.309 e. The normalized spacial score (nSPS) is 21.8. The van der Waals surface area contributed by atoms with Crippen LogP contribution in [0.4, 0.5) is 0 Å². The van der Waals surface area contributed by atoms with Gasteiger partial charge >= 0.3 is 5.91 Å². The molecule has 1 unspecified atom stereocenters. The second kappa shape index (κ2) is 9.95. The first-order valence-electron chi connectivity index (χ1n) is 14.4. The van der Waals surface area contributed by atoms with Gasteiger partial charge in [-0.1, -0.05) is 56.4 Å². The van der Waals surface area contributed by atoms with Crippen LogP contribution in [0.3, 0.4) is 0 Å². The molecule has 3 heterocycles. The molecule has 2 saturated heterocycles. The highest BCUT2D eigenvalue weighted by molar-refractivity contribution is 7.98. The largest absolute Gasteiger partial charge is 0.432 e. The molecule has 1 N–H and O–H groups in total. The van der Waals surface area contributed by atoms with E-state index in [2.05, 4.69) is 10.6 Å². The number of benzene rings is 2. The van der Waals surface area contributed by atoms with Gasteiger partial charge in [0.1, 0.15) is 0 Å². The topological polar surface area (TPSA) is 110 Å². The van der Waals surface area contributed by atoms with Crippen molar-refractivity contribution in [3.63, 3.8) is 0 Å². The number of fused-ring (bicyclic) bond motifs is 1. The summed E-state index contributed by atoms with van der Waals surface area (Å²) in [5.74, 6) is 5.15. The Bertz CT molecular complexity index is 1710. The summed E-state index contributed by atoms with van der Waals surface area (Å²) in [5, 5.41) is 1.67. The minimum absolute atomic E-state index is 0.0475. The van der Waals surface area contributed by atoms with Crippen LogP contribution in [-0.2, 0) is 26.0 Å². The van der Waals surface area contributed by atoms with Crippen molar-refractivity contribution >= 4 is 42.1 Å². The van der Waals surface area contributed by atoms with E-state index in [9.17, 15) is 17.4 Å². The van der Waals surface area contributed by atoms with E-state index in [1.54, 1.807) is 4.90 Å². The maximum Gasteiger partial charge on any atom is 0.309 e. The van der Waals surface area contributed by atoms with Gasteiger partial charge in [-0.25, -0.2) is 22.3 Å². The van der Waals surface area contributed by atoms with Crippen molar-refractivity contribution in [3.05, 3.63) is 48.0 Å². The molecule has 6 rings (SSSR count). The fraction of sp³-hybridized carbons (Fsp3) is 0.516. The first-order chi connectivity index (χ1) is 19.2. The van der Waals surface area contributed by atoms with Gasteiger partial charge in [0.25, 0.3) is 5.89 Å². The summed E-state index contributed by atoms with van der Waals surface area (Å²) in [6.07, 6.45) is 6.61. The van der Waals surface area contributed by atoms with Crippen molar-refractivity contribution < 1.29 is 21.8 Å². The zero-order chi connectivity index (χ0) is 29.2. The molecule has 1 amide bonds. The molecule has 10 heteroatoms. The highest BCUT2D eigenvalue weighted by Gasteiger charge is 2.57. The molecule has 1 atom stereocenters. The first kappa shape index (κ1) is 28.4. The lowest BCUT2D eigenvalue weighted by atomic mass is 9.83. The van der Waals surface area contributed by atoms with Crippen molar-refractivity contribution in [2.75, 3.05) is 24.6 Å². The van der Waals surface area contributed by atoms with Crippen molar-refractivity contribution in [2.24, 2.45) is 11.3 Å². The van der Waals surface area contributed by atoms with Crippen molar-refractivity contribution in [1.82, 2.24) is 14.6 Å².